The van der Waals surface area contributed by atoms with Crippen LogP contribution < -0.4 is 4.74 Å². The number of aromatic nitrogens is 4. The van der Waals surface area contributed by atoms with E-state index in [-0.39, 0.29) is 5.92 Å². The third-order valence-electron chi connectivity index (χ3n) is 7.06. The first-order chi connectivity index (χ1) is 16.6. The fourth-order valence-electron chi connectivity index (χ4n) is 5.28. The summed E-state index contributed by atoms with van der Waals surface area (Å²) in [6.07, 6.45) is 5.04. The van der Waals surface area contributed by atoms with E-state index in [0.717, 1.165) is 70.7 Å². The van der Waals surface area contributed by atoms with Crippen LogP contribution in [0.3, 0.4) is 0 Å². The van der Waals surface area contributed by atoms with Crippen LogP contribution in [-0.2, 0) is 12.8 Å². The minimum atomic E-state index is -0.872. The highest BCUT2D eigenvalue weighted by atomic mass is 16.5. The van der Waals surface area contributed by atoms with E-state index >= 15 is 0 Å². The summed E-state index contributed by atoms with van der Waals surface area (Å²) in [4.78, 5) is 22.4. The molecular weight excluding hydrogens is 430 g/mol. The standard InChI is InChI=1S/C26H25N5O3/c1-34-22-12-21-25(28-24(22)19-7-3-5-15-4-2-6-18(15)19)23(30-29-21)16-8-9-20(27-13-16)17-10-11-31(14-17)26(32)33/h3,5,7-9,12-13,17H,2,4,6,10-11,14H2,1H3,(H,29,30)(H,32,33). The van der Waals surface area contributed by atoms with Crippen molar-refractivity contribution in [2.45, 2.75) is 31.6 Å². The number of hydrogen-bond donors (Lipinski definition) is 2. The predicted molar refractivity (Wildman–Crippen MR) is 128 cm³/mol. The number of fused-ring (bicyclic) bond motifs is 2. The summed E-state index contributed by atoms with van der Waals surface area (Å²) in [7, 11) is 1.67. The molecule has 1 atom stereocenters. The van der Waals surface area contributed by atoms with Gasteiger partial charge in [-0.25, -0.2) is 9.78 Å². The number of carbonyl (C=O) groups is 1. The number of aryl methyl sites for hydroxylation is 1. The second-order valence-electron chi connectivity index (χ2n) is 8.99. The number of methoxy groups -OCH3 is 1. The van der Waals surface area contributed by atoms with Crippen LogP contribution in [0.15, 0.2) is 42.6 Å². The second kappa shape index (κ2) is 8.13. The van der Waals surface area contributed by atoms with Crippen molar-refractivity contribution in [3.63, 3.8) is 0 Å². The molecule has 8 nitrogen and oxygen atoms in total. The SMILES string of the molecule is COc1cc2[nH]nc(-c3ccc(C4CCN(C(=O)O)C4)nc3)c2nc1-c1cccc2c1CCC2. The first-order valence-electron chi connectivity index (χ1n) is 11.6. The van der Waals surface area contributed by atoms with Crippen molar-refractivity contribution in [1.29, 1.82) is 0 Å². The molecular formula is C26H25N5O3. The smallest absolute Gasteiger partial charge is 0.407 e. The summed E-state index contributed by atoms with van der Waals surface area (Å²) < 4.78 is 5.71. The van der Waals surface area contributed by atoms with Gasteiger partial charge in [-0.05, 0) is 48.9 Å². The Balaban J connectivity index is 1.38. The molecule has 1 amide bonds. The van der Waals surface area contributed by atoms with Gasteiger partial charge in [-0.15, -0.1) is 0 Å². The molecule has 1 aliphatic carbocycles. The fraction of sp³-hybridized carbons (Fsp3) is 0.308. The number of aromatic amines is 1. The first kappa shape index (κ1) is 20.7. The maximum Gasteiger partial charge on any atom is 0.407 e. The summed E-state index contributed by atoms with van der Waals surface area (Å²) in [5, 5.41) is 16.8. The molecule has 2 aliphatic rings. The largest absolute Gasteiger partial charge is 0.494 e. The molecule has 0 radical (unpaired) electrons. The zero-order valence-electron chi connectivity index (χ0n) is 18.9. The van der Waals surface area contributed by atoms with Gasteiger partial charge in [0, 0.05) is 48.1 Å². The number of hydrogen-bond acceptors (Lipinski definition) is 5. The number of rotatable bonds is 4. The van der Waals surface area contributed by atoms with E-state index in [4.69, 9.17) is 9.72 Å². The van der Waals surface area contributed by atoms with Crippen molar-refractivity contribution in [1.82, 2.24) is 25.1 Å². The predicted octanol–water partition coefficient (Wildman–Crippen LogP) is 4.65. The summed E-state index contributed by atoms with van der Waals surface area (Å²) in [6, 6.07) is 12.3. The quantitative estimate of drug-likeness (QED) is 0.464. The zero-order chi connectivity index (χ0) is 23.2. The number of pyridine rings is 2. The number of likely N-dealkylation sites (tertiary alicyclic amines) is 1. The third-order valence-corrected chi connectivity index (χ3v) is 7.06. The van der Waals surface area contributed by atoms with E-state index < -0.39 is 6.09 Å². The average Bonchev–Trinajstić information content (AvgIpc) is 3.62. The molecule has 1 aromatic carbocycles. The minimum Gasteiger partial charge on any atom is -0.494 e. The van der Waals surface area contributed by atoms with Crippen LogP contribution in [0.25, 0.3) is 33.5 Å². The summed E-state index contributed by atoms with van der Waals surface area (Å²) >= 11 is 0. The number of H-pyrrole nitrogens is 1. The van der Waals surface area contributed by atoms with Gasteiger partial charge in [0.25, 0.3) is 0 Å². The lowest BCUT2D eigenvalue weighted by Crippen LogP contribution is -2.26. The molecule has 4 aromatic rings. The zero-order valence-corrected chi connectivity index (χ0v) is 18.9. The lowest BCUT2D eigenvalue weighted by molar-refractivity contribution is 0.155. The Morgan fingerprint density at radius 2 is 2.12 bits per heavy atom. The second-order valence-corrected chi connectivity index (χ2v) is 8.99. The minimum absolute atomic E-state index is 0.121. The van der Waals surface area contributed by atoms with E-state index in [1.165, 1.54) is 16.0 Å². The Bertz CT molecular complexity index is 1400. The van der Waals surface area contributed by atoms with Crippen LogP contribution >= 0.6 is 0 Å². The number of ether oxygens (including phenoxy) is 1. The van der Waals surface area contributed by atoms with Crippen molar-refractivity contribution in [3.05, 3.63) is 59.4 Å². The number of nitrogens with zero attached hydrogens (tertiary/aromatic N) is 4. The normalized spacial score (nSPS) is 17.3. The molecule has 3 aromatic heterocycles. The number of benzene rings is 1. The van der Waals surface area contributed by atoms with Gasteiger partial charge in [0.15, 0.2) is 0 Å². The molecule has 172 valence electrons. The molecule has 0 saturated carbocycles. The lowest BCUT2D eigenvalue weighted by Gasteiger charge is -2.13. The third kappa shape index (κ3) is 3.37. The van der Waals surface area contributed by atoms with E-state index in [1.807, 2.05) is 18.2 Å². The van der Waals surface area contributed by atoms with Crippen LogP contribution in [0.4, 0.5) is 4.79 Å². The Morgan fingerprint density at radius 1 is 1.21 bits per heavy atom. The summed E-state index contributed by atoms with van der Waals surface area (Å²) in [6.45, 7) is 1.03. The maximum absolute atomic E-state index is 11.2. The average molecular weight is 456 g/mol. The molecule has 1 unspecified atom stereocenters. The van der Waals surface area contributed by atoms with Crippen molar-refractivity contribution in [2.75, 3.05) is 20.2 Å². The monoisotopic (exact) mass is 455 g/mol. The molecule has 0 bridgehead atoms. The molecule has 1 fully saturated rings. The van der Waals surface area contributed by atoms with Crippen molar-refractivity contribution >= 4 is 17.1 Å². The number of carboxylic acid groups (broad SMARTS) is 1. The van der Waals surface area contributed by atoms with Crippen molar-refractivity contribution < 1.29 is 14.6 Å². The van der Waals surface area contributed by atoms with Gasteiger partial charge in [-0.1, -0.05) is 18.2 Å². The van der Waals surface area contributed by atoms with Gasteiger partial charge in [-0.3, -0.25) is 10.1 Å². The Labute approximate surface area is 196 Å². The van der Waals surface area contributed by atoms with E-state index in [9.17, 15) is 9.90 Å². The van der Waals surface area contributed by atoms with Crippen LogP contribution in [0.1, 0.15) is 35.6 Å². The molecule has 2 N–H and O–H groups in total. The van der Waals surface area contributed by atoms with Crippen LogP contribution in [0.2, 0.25) is 0 Å². The molecule has 0 spiro atoms. The molecule has 8 heteroatoms. The molecule has 6 rings (SSSR count). The summed E-state index contributed by atoms with van der Waals surface area (Å²) in [5.74, 6) is 0.843. The van der Waals surface area contributed by atoms with Gasteiger partial charge in [0.2, 0.25) is 0 Å². The number of nitrogens with one attached hydrogen (secondary N) is 1. The van der Waals surface area contributed by atoms with Gasteiger partial charge in [0.05, 0.1) is 12.6 Å². The number of amides is 1. The van der Waals surface area contributed by atoms with Gasteiger partial charge >= 0.3 is 6.09 Å². The van der Waals surface area contributed by atoms with Crippen LogP contribution in [-0.4, -0.2) is 56.5 Å². The van der Waals surface area contributed by atoms with Crippen molar-refractivity contribution in [2.24, 2.45) is 0 Å². The Kier molecular flexibility index (Phi) is 4.94. The highest BCUT2D eigenvalue weighted by Crippen LogP contribution is 2.39. The molecule has 34 heavy (non-hydrogen) atoms. The van der Waals surface area contributed by atoms with E-state index in [1.54, 1.807) is 13.3 Å². The highest BCUT2D eigenvalue weighted by Gasteiger charge is 2.28. The molecule has 1 saturated heterocycles. The maximum atomic E-state index is 11.2. The Morgan fingerprint density at radius 3 is 2.88 bits per heavy atom. The molecule has 4 heterocycles. The molecule has 1 aliphatic heterocycles. The first-order valence-corrected chi connectivity index (χ1v) is 11.6. The van der Waals surface area contributed by atoms with Gasteiger partial charge < -0.3 is 14.7 Å². The van der Waals surface area contributed by atoms with Gasteiger partial charge in [0.1, 0.15) is 22.7 Å². The fourth-order valence-corrected chi connectivity index (χ4v) is 5.28. The van der Waals surface area contributed by atoms with Crippen LogP contribution in [0.5, 0.6) is 5.75 Å². The topological polar surface area (TPSA) is 104 Å². The van der Waals surface area contributed by atoms with Gasteiger partial charge in [-0.2, -0.15) is 5.10 Å². The Hall–Kier alpha value is -3.94. The van der Waals surface area contributed by atoms with Crippen LogP contribution in [0, 0.1) is 0 Å². The van der Waals surface area contributed by atoms with E-state index in [2.05, 4.69) is 33.4 Å². The van der Waals surface area contributed by atoms with Crippen molar-refractivity contribution in [3.8, 4) is 28.3 Å². The lowest BCUT2D eigenvalue weighted by atomic mass is 9.99. The highest BCUT2D eigenvalue weighted by molar-refractivity contribution is 5.93. The summed E-state index contributed by atoms with van der Waals surface area (Å²) in [5.41, 5.74) is 8.80. The van der Waals surface area contributed by atoms with E-state index in [0.29, 0.717) is 13.1 Å².